The van der Waals surface area contributed by atoms with Crippen LogP contribution in [-0.4, -0.2) is 59.3 Å². The van der Waals surface area contributed by atoms with E-state index in [0.717, 1.165) is 26.2 Å². The van der Waals surface area contributed by atoms with E-state index in [1.807, 2.05) is 0 Å². The van der Waals surface area contributed by atoms with Crippen molar-refractivity contribution in [3.63, 3.8) is 0 Å². The predicted octanol–water partition coefficient (Wildman–Crippen LogP) is 0.120. The van der Waals surface area contributed by atoms with Crippen LogP contribution in [0.15, 0.2) is 10.6 Å². The molecule has 88 valence electrons. The Balaban J connectivity index is 1.91. The van der Waals surface area contributed by atoms with Crippen LogP contribution < -0.4 is 0 Å². The lowest BCUT2D eigenvalue weighted by Crippen LogP contribution is -2.43. The van der Waals surface area contributed by atoms with Gasteiger partial charge in [0.2, 0.25) is 0 Å². The van der Waals surface area contributed by atoms with E-state index in [1.54, 1.807) is 0 Å². The molecule has 2 rings (SSSR count). The standard InChI is InChI=1S/C10H15N3O3/c1-12-2-4-13(5-3-12)7-8-6-9(10(14)15)11-16-8/h6H,2-5,7H2,1H3,(H,14,15). The molecule has 0 bridgehead atoms. The molecule has 1 saturated heterocycles. The van der Waals surface area contributed by atoms with Crippen molar-refractivity contribution in [3.8, 4) is 0 Å². The summed E-state index contributed by atoms with van der Waals surface area (Å²) < 4.78 is 4.97. The molecule has 0 aromatic carbocycles. The van der Waals surface area contributed by atoms with Crippen LogP contribution >= 0.6 is 0 Å². The Kier molecular flexibility index (Phi) is 3.21. The number of carbonyl (C=O) groups is 1. The molecule has 0 atom stereocenters. The van der Waals surface area contributed by atoms with Crippen LogP contribution in [0.5, 0.6) is 0 Å². The SMILES string of the molecule is CN1CCN(Cc2cc(C(=O)O)no2)CC1. The zero-order valence-electron chi connectivity index (χ0n) is 9.22. The summed E-state index contributed by atoms with van der Waals surface area (Å²) in [6, 6.07) is 1.49. The highest BCUT2D eigenvalue weighted by atomic mass is 16.5. The van der Waals surface area contributed by atoms with Gasteiger partial charge in [-0.2, -0.15) is 0 Å². The summed E-state index contributed by atoms with van der Waals surface area (Å²) in [6.45, 7) is 4.63. The van der Waals surface area contributed by atoms with Gasteiger partial charge in [-0.05, 0) is 7.05 Å². The predicted molar refractivity (Wildman–Crippen MR) is 56.2 cm³/mol. The van der Waals surface area contributed by atoms with E-state index in [1.165, 1.54) is 6.07 Å². The highest BCUT2D eigenvalue weighted by molar-refractivity contribution is 5.85. The lowest BCUT2D eigenvalue weighted by Gasteiger charge is -2.31. The van der Waals surface area contributed by atoms with Crippen LogP contribution in [-0.2, 0) is 6.54 Å². The second-order valence-corrected chi connectivity index (χ2v) is 4.06. The molecule has 1 fully saturated rings. The van der Waals surface area contributed by atoms with E-state index in [-0.39, 0.29) is 5.69 Å². The number of carboxylic acids is 1. The van der Waals surface area contributed by atoms with E-state index >= 15 is 0 Å². The molecule has 0 saturated carbocycles. The molecule has 16 heavy (non-hydrogen) atoms. The van der Waals surface area contributed by atoms with E-state index in [2.05, 4.69) is 22.0 Å². The summed E-state index contributed by atoms with van der Waals surface area (Å²) in [6.07, 6.45) is 0. The first-order chi connectivity index (χ1) is 7.65. The topological polar surface area (TPSA) is 69.8 Å². The molecule has 1 aliphatic heterocycles. The molecule has 0 aliphatic carbocycles. The normalized spacial score (nSPS) is 18.8. The molecule has 6 heteroatoms. The maximum Gasteiger partial charge on any atom is 0.358 e. The van der Waals surface area contributed by atoms with Gasteiger partial charge in [0, 0.05) is 32.2 Å². The smallest absolute Gasteiger partial charge is 0.358 e. The maximum absolute atomic E-state index is 10.6. The molecule has 1 aromatic rings. The monoisotopic (exact) mass is 225 g/mol. The Morgan fingerprint density at radius 2 is 2.19 bits per heavy atom. The minimum Gasteiger partial charge on any atom is -0.476 e. The fourth-order valence-corrected chi connectivity index (χ4v) is 1.71. The van der Waals surface area contributed by atoms with Gasteiger partial charge in [0.05, 0.1) is 6.54 Å². The van der Waals surface area contributed by atoms with Crippen LogP contribution in [0.1, 0.15) is 16.2 Å². The molecule has 6 nitrogen and oxygen atoms in total. The number of likely N-dealkylation sites (N-methyl/N-ethyl adjacent to an activating group) is 1. The Labute approximate surface area is 93.4 Å². The molecular formula is C10H15N3O3. The largest absolute Gasteiger partial charge is 0.476 e. The van der Waals surface area contributed by atoms with E-state index in [0.29, 0.717) is 12.3 Å². The van der Waals surface area contributed by atoms with Gasteiger partial charge in [0.1, 0.15) is 0 Å². The third-order valence-corrected chi connectivity index (χ3v) is 2.75. The number of aromatic nitrogens is 1. The van der Waals surface area contributed by atoms with Crippen molar-refractivity contribution in [2.75, 3.05) is 33.2 Å². The van der Waals surface area contributed by atoms with Crippen LogP contribution in [0.2, 0.25) is 0 Å². The third kappa shape index (κ3) is 2.59. The molecule has 1 N–H and O–H groups in total. The summed E-state index contributed by atoms with van der Waals surface area (Å²) in [5.41, 5.74) is -0.0240. The lowest BCUT2D eigenvalue weighted by atomic mass is 10.3. The first-order valence-corrected chi connectivity index (χ1v) is 5.25. The average molecular weight is 225 g/mol. The summed E-state index contributed by atoms with van der Waals surface area (Å²) in [5.74, 6) is -0.435. The van der Waals surface area contributed by atoms with E-state index < -0.39 is 5.97 Å². The van der Waals surface area contributed by atoms with Crippen LogP contribution in [0.3, 0.4) is 0 Å². The third-order valence-electron chi connectivity index (χ3n) is 2.75. The Morgan fingerprint density at radius 3 is 2.75 bits per heavy atom. The summed E-state index contributed by atoms with van der Waals surface area (Å²) >= 11 is 0. The minimum atomic E-state index is -1.05. The highest BCUT2D eigenvalue weighted by Gasteiger charge is 2.17. The van der Waals surface area contributed by atoms with Crippen molar-refractivity contribution in [3.05, 3.63) is 17.5 Å². The number of hydrogen-bond acceptors (Lipinski definition) is 5. The quantitative estimate of drug-likeness (QED) is 0.788. The number of hydrogen-bond donors (Lipinski definition) is 1. The zero-order valence-corrected chi connectivity index (χ0v) is 9.22. The first-order valence-electron chi connectivity index (χ1n) is 5.25. The van der Waals surface area contributed by atoms with Gasteiger partial charge in [-0.25, -0.2) is 4.79 Å². The second kappa shape index (κ2) is 4.63. The number of nitrogens with zero attached hydrogens (tertiary/aromatic N) is 3. The number of piperazine rings is 1. The molecule has 2 heterocycles. The molecule has 1 aliphatic rings. The molecule has 0 radical (unpaired) electrons. The first kappa shape index (κ1) is 11.1. The second-order valence-electron chi connectivity index (χ2n) is 4.06. The summed E-state index contributed by atoms with van der Waals surface area (Å²) in [5, 5.41) is 12.2. The average Bonchev–Trinajstić information content (AvgIpc) is 2.70. The van der Waals surface area contributed by atoms with Gasteiger partial charge in [-0.1, -0.05) is 5.16 Å². The fourth-order valence-electron chi connectivity index (χ4n) is 1.71. The Bertz CT molecular complexity index is 369. The molecule has 0 spiro atoms. The minimum absolute atomic E-state index is 0.0240. The molecule has 0 unspecified atom stereocenters. The fraction of sp³-hybridized carbons (Fsp3) is 0.600. The van der Waals surface area contributed by atoms with Crippen LogP contribution in [0.25, 0.3) is 0 Å². The lowest BCUT2D eigenvalue weighted by molar-refractivity contribution is 0.0685. The Morgan fingerprint density at radius 1 is 1.50 bits per heavy atom. The summed E-state index contributed by atoms with van der Waals surface area (Å²) in [4.78, 5) is 15.1. The van der Waals surface area contributed by atoms with Gasteiger partial charge in [0.15, 0.2) is 11.5 Å². The highest BCUT2D eigenvalue weighted by Crippen LogP contribution is 2.09. The van der Waals surface area contributed by atoms with Crippen molar-refractivity contribution in [2.45, 2.75) is 6.54 Å². The zero-order chi connectivity index (χ0) is 11.5. The van der Waals surface area contributed by atoms with E-state index in [9.17, 15) is 4.79 Å². The molecule has 1 aromatic heterocycles. The van der Waals surface area contributed by atoms with Gasteiger partial charge < -0.3 is 14.5 Å². The Hall–Kier alpha value is -1.40. The van der Waals surface area contributed by atoms with Crippen LogP contribution in [0, 0.1) is 0 Å². The summed E-state index contributed by atoms with van der Waals surface area (Å²) in [7, 11) is 2.09. The number of carboxylic acid groups (broad SMARTS) is 1. The van der Waals surface area contributed by atoms with Crippen molar-refractivity contribution >= 4 is 5.97 Å². The van der Waals surface area contributed by atoms with Crippen molar-refractivity contribution in [1.82, 2.24) is 15.0 Å². The van der Waals surface area contributed by atoms with Crippen molar-refractivity contribution in [2.24, 2.45) is 0 Å². The maximum atomic E-state index is 10.6. The van der Waals surface area contributed by atoms with Crippen molar-refractivity contribution < 1.29 is 14.4 Å². The van der Waals surface area contributed by atoms with Gasteiger partial charge in [0.25, 0.3) is 0 Å². The van der Waals surface area contributed by atoms with Crippen molar-refractivity contribution in [1.29, 1.82) is 0 Å². The van der Waals surface area contributed by atoms with Gasteiger partial charge >= 0.3 is 5.97 Å². The van der Waals surface area contributed by atoms with Crippen LogP contribution in [0.4, 0.5) is 0 Å². The van der Waals surface area contributed by atoms with E-state index in [4.69, 9.17) is 9.63 Å². The van der Waals surface area contributed by atoms with Gasteiger partial charge in [-0.15, -0.1) is 0 Å². The molecule has 0 amide bonds. The number of rotatable bonds is 3. The number of aromatic carboxylic acids is 1. The van der Waals surface area contributed by atoms with Gasteiger partial charge in [-0.3, -0.25) is 4.90 Å². The molecular weight excluding hydrogens is 210 g/mol.